The Morgan fingerprint density at radius 3 is 2.96 bits per heavy atom. The Balaban J connectivity index is 1.82. The fourth-order valence-electron chi connectivity index (χ4n) is 5.32. The first-order valence-electron chi connectivity index (χ1n) is 9.70. The van der Waals surface area contributed by atoms with E-state index in [9.17, 15) is 20.0 Å². The third kappa shape index (κ3) is 2.90. The summed E-state index contributed by atoms with van der Waals surface area (Å²) in [6.45, 7) is 4.14. The molecule has 0 bridgehead atoms. The maximum absolute atomic E-state index is 11.3. The molecular formula is C20H25N3O4. The normalized spacial score (nSPS) is 25.1. The van der Waals surface area contributed by atoms with Crippen LogP contribution in [0.15, 0.2) is 18.2 Å². The van der Waals surface area contributed by atoms with Gasteiger partial charge in [0.15, 0.2) is 0 Å². The highest BCUT2D eigenvalue weighted by molar-refractivity contribution is 5.87. The molecule has 0 spiro atoms. The van der Waals surface area contributed by atoms with Gasteiger partial charge in [-0.05, 0) is 55.7 Å². The lowest BCUT2D eigenvalue weighted by Crippen LogP contribution is -2.49. The zero-order chi connectivity index (χ0) is 19.2. The van der Waals surface area contributed by atoms with Crippen LogP contribution >= 0.6 is 0 Å². The highest BCUT2D eigenvalue weighted by Gasteiger charge is 2.47. The molecule has 0 amide bonds. The van der Waals surface area contributed by atoms with Crippen molar-refractivity contribution in [2.24, 2.45) is 5.41 Å². The summed E-state index contributed by atoms with van der Waals surface area (Å²) < 4.78 is 0. The lowest BCUT2D eigenvalue weighted by Gasteiger charge is -2.52. The number of carboxylic acids is 1. The van der Waals surface area contributed by atoms with E-state index < -0.39 is 5.97 Å². The van der Waals surface area contributed by atoms with Crippen LogP contribution in [0.25, 0.3) is 10.9 Å². The second-order valence-electron chi connectivity index (χ2n) is 7.91. The quantitative estimate of drug-likeness (QED) is 0.610. The van der Waals surface area contributed by atoms with Crippen molar-refractivity contribution < 1.29 is 14.8 Å². The van der Waals surface area contributed by atoms with E-state index in [4.69, 9.17) is 0 Å². The largest absolute Gasteiger partial charge is 0.481 e. The summed E-state index contributed by atoms with van der Waals surface area (Å²) in [6.07, 6.45) is 4.80. The van der Waals surface area contributed by atoms with Gasteiger partial charge in [-0.1, -0.05) is 6.92 Å². The molecule has 0 saturated carbocycles. The number of piperidine rings is 1. The van der Waals surface area contributed by atoms with Crippen LogP contribution < -0.4 is 0 Å². The minimum atomic E-state index is -0.747. The number of aromatic nitrogens is 1. The number of rotatable bonds is 5. The molecule has 1 aromatic heterocycles. The van der Waals surface area contributed by atoms with E-state index in [0.29, 0.717) is 6.42 Å². The van der Waals surface area contributed by atoms with E-state index in [2.05, 4.69) is 16.8 Å². The van der Waals surface area contributed by atoms with Crippen LogP contribution in [-0.4, -0.2) is 39.0 Å². The number of carbonyl (C=O) groups is 1. The first-order valence-corrected chi connectivity index (χ1v) is 9.70. The standard InChI is InChI=1S/C20H25N3O4/c1-2-20(9-6-17(24)25)8-3-10-22-11-7-15-14-5-4-13(23(26)27)12-16(14)21-18(15)19(20)22/h4-5,12,19,21H,2-3,6-11H2,1H3,(H,24,25)/t19-,20-/m1/s1. The fourth-order valence-corrected chi connectivity index (χ4v) is 5.32. The van der Waals surface area contributed by atoms with Crippen LogP contribution in [-0.2, 0) is 11.2 Å². The van der Waals surface area contributed by atoms with Crippen LogP contribution in [0.1, 0.15) is 56.3 Å². The van der Waals surface area contributed by atoms with Gasteiger partial charge in [0.05, 0.1) is 16.5 Å². The molecule has 0 aliphatic carbocycles. The molecule has 7 nitrogen and oxygen atoms in total. The SMILES string of the molecule is CC[C@]1(CCC(=O)O)CCCN2CCc3c([nH]c4cc([N+](=O)[O-])ccc34)[C@@H]21. The molecule has 3 heterocycles. The Morgan fingerprint density at radius 1 is 1.44 bits per heavy atom. The molecule has 2 aliphatic rings. The molecule has 0 radical (unpaired) electrons. The monoisotopic (exact) mass is 371 g/mol. The number of aromatic amines is 1. The number of hydrogen-bond acceptors (Lipinski definition) is 4. The summed E-state index contributed by atoms with van der Waals surface area (Å²) in [7, 11) is 0. The summed E-state index contributed by atoms with van der Waals surface area (Å²) in [4.78, 5) is 28.0. The van der Waals surface area contributed by atoms with Gasteiger partial charge in [-0.3, -0.25) is 19.8 Å². The molecule has 4 rings (SSSR count). The van der Waals surface area contributed by atoms with Gasteiger partial charge in [0.25, 0.3) is 5.69 Å². The van der Waals surface area contributed by atoms with Crippen LogP contribution in [0.2, 0.25) is 0 Å². The molecule has 1 aromatic carbocycles. The molecule has 2 atom stereocenters. The zero-order valence-corrected chi connectivity index (χ0v) is 15.5. The molecule has 1 saturated heterocycles. The molecular weight excluding hydrogens is 346 g/mol. The number of aliphatic carboxylic acids is 1. The summed E-state index contributed by atoms with van der Waals surface area (Å²) in [5.41, 5.74) is 3.22. The van der Waals surface area contributed by atoms with Gasteiger partial charge in [0.1, 0.15) is 0 Å². The third-order valence-corrected chi connectivity index (χ3v) is 6.66. The first kappa shape index (κ1) is 18.0. The van der Waals surface area contributed by atoms with E-state index in [0.717, 1.165) is 55.4 Å². The minimum Gasteiger partial charge on any atom is -0.481 e. The maximum atomic E-state index is 11.3. The average molecular weight is 371 g/mol. The number of nitrogens with one attached hydrogen (secondary N) is 1. The number of nitro groups is 1. The number of carboxylic acid groups (broad SMARTS) is 1. The maximum Gasteiger partial charge on any atom is 0.303 e. The van der Waals surface area contributed by atoms with Crippen molar-refractivity contribution in [3.63, 3.8) is 0 Å². The predicted octanol–water partition coefficient (Wildman–Crippen LogP) is 4.03. The molecule has 2 aromatic rings. The van der Waals surface area contributed by atoms with Gasteiger partial charge in [-0.2, -0.15) is 0 Å². The Hall–Kier alpha value is -2.41. The highest BCUT2D eigenvalue weighted by atomic mass is 16.6. The van der Waals surface area contributed by atoms with Gasteiger partial charge in [0, 0.05) is 36.2 Å². The Morgan fingerprint density at radius 2 is 2.26 bits per heavy atom. The zero-order valence-electron chi connectivity index (χ0n) is 15.5. The molecule has 27 heavy (non-hydrogen) atoms. The van der Waals surface area contributed by atoms with Crippen molar-refractivity contribution >= 4 is 22.6 Å². The van der Waals surface area contributed by atoms with E-state index in [1.807, 2.05) is 6.07 Å². The number of nitrogens with zero attached hydrogens (tertiary/aromatic N) is 2. The summed E-state index contributed by atoms with van der Waals surface area (Å²) in [5.74, 6) is -0.747. The average Bonchev–Trinajstić information content (AvgIpc) is 3.03. The van der Waals surface area contributed by atoms with Crippen LogP contribution in [0.3, 0.4) is 0 Å². The third-order valence-electron chi connectivity index (χ3n) is 6.66. The van der Waals surface area contributed by atoms with Gasteiger partial charge >= 0.3 is 5.97 Å². The van der Waals surface area contributed by atoms with Crippen LogP contribution in [0.4, 0.5) is 5.69 Å². The smallest absolute Gasteiger partial charge is 0.303 e. The Kier molecular flexibility index (Phi) is 4.42. The lowest BCUT2D eigenvalue weighted by atomic mass is 9.65. The Bertz CT molecular complexity index is 906. The molecule has 0 unspecified atom stereocenters. The first-order chi connectivity index (χ1) is 12.9. The van der Waals surface area contributed by atoms with Crippen molar-refractivity contribution in [3.8, 4) is 0 Å². The van der Waals surface area contributed by atoms with Crippen LogP contribution in [0.5, 0.6) is 0 Å². The van der Waals surface area contributed by atoms with Crippen molar-refractivity contribution in [1.82, 2.24) is 9.88 Å². The van der Waals surface area contributed by atoms with Crippen molar-refractivity contribution in [2.45, 2.75) is 51.5 Å². The van der Waals surface area contributed by atoms with E-state index in [-0.39, 0.29) is 28.5 Å². The van der Waals surface area contributed by atoms with Gasteiger partial charge in [0.2, 0.25) is 0 Å². The van der Waals surface area contributed by atoms with Gasteiger partial charge in [-0.15, -0.1) is 0 Å². The Labute approximate surface area is 157 Å². The number of fused-ring (bicyclic) bond motifs is 5. The number of benzene rings is 1. The van der Waals surface area contributed by atoms with Crippen molar-refractivity contribution in [3.05, 3.63) is 39.6 Å². The lowest BCUT2D eigenvalue weighted by molar-refractivity contribution is -0.384. The molecule has 7 heteroatoms. The molecule has 2 N–H and O–H groups in total. The number of hydrogen-bond donors (Lipinski definition) is 2. The molecule has 2 aliphatic heterocycles. The number of H-pyrrole nitrogens is 1. The van der Waals surface area contributed by atoms with Gasteiger partial charge in [-0.25, -0.2) is 0 Å². The van der Waals surface area contributed by atoms with Crippen molar-refractivity contribution in [2.75, 3.05) is 13.1 Å². The fraction of sp³-hybridized carbons (Fsp3) is 0.550. The second kappa shape index (κ2) is 6.64. The topological polar surface area (TPSA) is 99.5 Å². The molecule has 1 fully saturated rings. The summed E-state index contributed by atoms with van der Waals surface area (Å²) in [5, 5.41) is 21.5. The summed E-state index contributed by atoms with van der Waals surface area (Å²) in [6, 6.07) is 5.20. The molecule has 144 valence electrons. The highest BCUT2D eigenvalue weighted by Crippen LogP contribution is 2.53. The predicted molar refractivity (Wildman–Crippen MR) is 102 cm³/mol. The summed E-state index contributed by atoms with van der Waals surface area (Å²) >= 11 is 0. The van der Waals surface area contributed by atoms with E-state index in [1.165, 1.54) is 5.56 Å². The van der Waals surface area contributed by atoms with E-state index >= 15 is 0 Å². The van der Waals surface area contributed by atoms with Gasteiger partial charge < -0.3 is 10.1 Å². The van der Waals surface area contributed by atoms with Crippen molar-refractivity contribution in [1.29, 1.82) is 0 Å². The van der Waals surface area contributed by atoms with E-state index in [1.54, 1.807) is 12.1 Å². The number of non-ortho nitro benzene ring substituents is 1. The second-order valence-corrected chi connectivity index (χ2v) is 7.91. The minimum absolute atomic E-state index is 0.0708. The van der Waals surface area contributed by atoms with Crippen LogP contribution in [0, 0.1) is 15.5 Å². The number of nitro benzene ring substituents is 1.